The monoisotopic (exact) mass is 493 g/mol. The van der Waals surface area contributed by atoms with Gasteiger partial charge in [-0.25, -0.2) is 4.39 Å². The maximum absolute atomic E-state index is 13.2. The Labute approximate surface area is 197 Å². The van der Waals surface area contributed by atoms with Gasteiger partial charge in [0.05, 0.1) is 11.6 Å². The van der Waals surface area contributed by atoms with Crippen LogP contribution in [-0.2, 0) is 13.2 Å². The molecule has 0 saturated heterocycles. The lowest BCUT2D eigenvalue weighted by Gasteiger charge is -2.06. The van der Waals surface area contributed by atoms with Crippen LogP contribution in [0.25, 0.3) is 0 Å². The molecule has 2 aromatic carbocycles. The van der Waals surface area contributed by atoms with Crippen molar-refractivity contribution in [2.24, 2.45) is 0 Å². The third-order valence-electron chi connectivity index (χ3n) is 4.38. The van der Waals surface area contributed by atoms with Gasteiger partial charge < -0.3 is 14.5 Å². The molecule has 0 aliphatic carbocycles. The van der Waals surface area contributed by atoms with E-state index in [1.165, 1.54) is 18.2 Å². The van der Waals surface area contributed by atoms with E-state index in [4.69, 9.17) is 44.0 Å². The summed E-state index contributed by atoms with van der Waals surface area (Å²) in [5.41, 5.74) is 0.700. The summed E-state index contributed by atoms with van der Waals surface area (Å²) in [5, 5.41) is 8.11. The Morgan fingerprint density at radius 3 is 2.69 bits per heavy atom. The summed E-state index contributed by atoms with van der Waals surface area (Å²) in [6, 6.07) is 13.8. The molecule has 0 aliphatic rings. The van der Waals surface area contributed by atoms with Gasteiger partial charge in [0.25, 0.3) is 5.91 Å². The van der Waals surface area contributed by atoms with Gasteiger partial charge in [0.1, 0.15) is 23.9 Å². The molecule has 4 rings (SSSR count). The molecule has 1 amide bonds. The second kappa shape index (κ2) is 9.65. The smallest absolute Gasteiger partial charge is 0.292 e. The SMILES string of the molecule is O=C(Nc1ccn(Cc2ccc(F)cc2Cl)n1)c1ccc(COc2ccc(Cl)cc2Cl)o1. The lowest BCUT2D eigenvalue weighted by atomic mass is 10.2. The first-order chi connectivity index (χ1) is 15.4. The van der Waals surface area contributed by atoms with E-state index >= 15 is 0 Å². The van der Waals surface area contributed by atoms with Crippen LogP contribution in [0.4, 0.5) is 10.2 Å². The minimum absolute atomic E-state index is 0.0850. The minimum Gasteiger partial charge on any atom is -0.484 e. The highest BCUT2D eigenvalue weighted by molar-refractivity contribution is 6.35. The van der Waals surface area contributed by atoms with Crippen LogP contribution in [0.1, 0.15) is 21.9 Å². The van der Waals surface area contributed by atoms with E-state index in [2.05, 4.69) is 10.4 Å². The molecule has 0 unspecified atom stereocenters. The molecule has 0 saturated carbocycles. The maximum atomic E-state index is 13.2. The normalized spacial score (nSPS) is 10.9. The number of aromatic nitrogens is 2. The van der Waals surface area contributed by atoms with Gasteiger partial charge in [0.2, 0.25) is 0 Å². The van der Waals surface area contributed by atoms with Crippen LogP contribution in [0.15, 0.2) is 65.2 Å². The number of ether oxygens (including phenoxy) is 1. The van der Waals surface area contributed by atoms with E-state index in [-0.39, 0.29) is 12.4 Å². The maximum Gasteiger partial charge on any atom is 0.292 e. The lowest BCUT2D eigenvalue weighted by Crippen LogP contribution is -2.12. The third-order valence-corrected chi connectivity index (χ3v) is 5.26. The fourth-order valence-electron chi connectivity index (χ4n) is 2.84. The number of nitrogens with zero attached hydrogens (tertiary/aromatic N) is 2. The van der Waals surface area contributed by atoms with Gasteiger partial charge in [-0.15, -0.1) is 0 Å². The second-order valence-corrected chi connectivity index (χ2v) is 7.97. The third kappa shape index (κ3) is 5.43. The number of halogens is 4. The van der Waals surface area contributed by atoms with Crippen LogP contribution in [-0.4, -0.2) is 15.7 Å². The van der Waals surface area contributed by atoms with Crippen molar-refractivity contribution < 1.29 is 18.3 Å². The molecule has 0 aliphatic heterocycles. The Balaban J connectivity index is 1.35. The molecule has 0 bridgehead atoms. The summed E-state index contributed by atoms with van der Waals surface area (Å²) in [6.07, 6.45) is 1.67. The van der Waals surface area contributed by atoms with Crippen LogP contribution >= 0.6 is 34.8 Å². The van der Waals surface area contributed by atoms with Crippen molar-refractivity contribution in [1.29, 1.82) is 0 Å². The largest absolute Gasteiger partial charge is 0.484 e. The molecule has 164 valence electrons. The van der Waals surface area contributed by atoms with Gasteiger partial charge >= 0.3 is 0 Å². The summed E-state index contributed by atoms with van der Waals surface area (Å²) >= 11 is 18.0. The highest BCUT2D eigenvalue weighted by Crippen LogP contribution is 2.28. The standard InChI is InChI=1S/C22H15Cl3FN3O3/c23-14-2-5-19(18(25)9-14)31-12-16-4-6-20(32-16)22(30)27-21-7-8-29(28-21)11-13-1-3-15(26)10-17(13)24/h1-10H,11-12H2,(H,27,28,30). The molecule has 2 aromatic heterocycles. The van der Waals surface area contributed by atoms with Crippen LogP contribution in [0.2, 0.25) is 15.1 Å². The number of carbonyl (C=O) groups is 1. The summed E-state index contributed by atoms with van der Waals surface area (Å²) in [6.45, 7) is 0.409. The fraction of sp³-hybridized carbons (Fsp3) is 0.0909. The number of anilines is 1. The fourth-order valence-corrected chi connectivity index (χ4v) is 3.53. The first-order valence-corrected chi connectivity index (χ1v) is 10.5. The highest BCUT2D eigenvalue weighted by Gasteiger charge is 2.14. The summed E-state index contributed by atoms with van der Waals surface area (Å²) in [5.74, 6) is 0.442. The zero-order chi connectivity index (χ0) is 22.7. The average Bonchev–Trinajstić information content (AvgIpc) is 3.39. The van der Waals surface area contributed by atoms with Gasteiger partial charge in [-0.2, -0.15) is 5.10 Å². The first-order valence-electron chi connectivity index (χ1n) is 9.33. The van der Waals surface area contributed by atoms with Crippen molar-refractivity contribution >= 4 is 46.5 Å². The van der Waals surface area contributed by atoms with Crippen molar-refractivity contribution in [3.63, 3.8) is 0 Å². The number of benzene rings is 2. The second-order valence-electron chi connectivity index (χ2n) is 6.72. The lowest BCUT2D eigenvalue weighted by molar-refractivity contribution is 0.0992. The number of hydrogen-bond acceptors (Lipinski definition) is 4. The topological polar surface area (TPSA) is 69.3 Å². The molecule has 0 fully saturated rings. The Morgan fingerprint density at radius 1 is 1.06 bits per heavy atom. The van der Waals surface area contributed by atoms with Gasteiger partial charge in [-0.3, -0.25) is 9.48 Å². The molecule has 0 atom stereocenters. The van der Waals surface area contributed by atoms with Gasteiger partial charge in [-0.1, -0.05) is 40.9 Å². The molecule has 1 N–H and O–H groups in total. The molecular formula is C22H15Cl3FN3O3. The molecule has 32 heavy (non-hydrogen) atoms. The molecule has 4 aromatic rings. The van der Waals surface area contributed by atoms with Crippen molar-refractivity contribution in [3.05, 3.63) is 98.8 Å². The molecule has 10 heteroatoms. The zero-order valence-electron chi connectivity index (χ0n) is 16.3. The molecule has 0 spiro atoms. The van der Waals surface area contributed by atoms with Gasteiger partial charge in [-0.05, 0) is 48.0 Å². The van der Waals surface area contributed by atoms with E-state index in [1.807, 2.05) is 0 Å². The zero-order valence-corrected chi connectivity index (χ0v) is 18.6. The summed E-state index contributed by atoms with van der Waals surface area (Å²) < 4.78 is 25.9. The molecule has 2 heterocycles. The molecule has 6 nitrogen and oxygen atoms in total. The Morgan fingerprint density at radius 2 is 1.91 bits per heavy atom. The van der Waals surface area contributed by atoms with Gasteiger partial charge in [0.15, 0.2) is 11.6 Å². The highest BCUT2D eigenvalue weighted by atomic mass is 35.5. The first kappa shape index (κ1) is 22.2. The predicted molar refractivity (Wildman–Crippen MR) is 120 cm³/mol. The van der Waals surface area contributed by atoms with Gasteiger partial charge in [0, 0.05) is 22.3 Å². The van der Waals surface area contributed by atoms with Crippen LogP contribution < -0.4 is 10.1 Å². The van der Waals surface area contributed by atoms with E-state index in [0.717, 1.165) is 0 Å². The number of rotatable bonds is 7. The average molecular weight is 495 g/mol. The predicted octanol–water partition coefficient (Wildman–Crippen LogP) is 6.46. The van der Waals surface area contributed by atoms with Crippen molar-refractivity contribution in [3.8, 4) is 5.75 Å². The van der Waals surface area contributed by atoms with E-state index in [1.54, 1.807) is 47.3 Å². The molecular weight excluding hydrogens is 480 g/mol. The van der Waals surface area contributed by atoms with Crippen LogP contribution in [0.5, 0.6) is 5.75 Å². The number of carbonyl (C=O) groups excluding carboxylic acids is 1. The van der Waals surface area contributed by atoms with Crippen LogP contribution in [0, 0.1) is 5.82 Å². The number of amides is 1. The van der Waals surface area contributed by atoms with Crippen LogP contribution in [0.3, 0.4) is 0 Å². The van der Waals surface area contributed by atoms with E-state index in [9.17, 15) is 9.18 Å². The van der Waals surface area contributed by atoms with E-state index < -0.39 is 11.7 Å². The minimum atomic E-state index is -0.467. The van der Waals surface area contributed by atoms with Crippen molar-refractivity contribution in [1.82, 2.24) is 9.78 Å². The summed E-state index contributed by atoms with van der Waals surface area (Å²) in [4.78, 5) is 12.5. The summed E-state index contributed by atoms with van der Waals surface area (Å²) in [7, 11) is 0. The Kier molecular flexibility index (Phi) is 6.69. The van der Waals surface area contributed by atoms with Crippen molar-refractivity contribution in [2.75, 3.05) is 5.32 Å². The van der Waals surface area contributed by atoms with Crippen molar-refractivity contribution in [2.45, 2.75) is 13.2 Å². The Bertz CT molecular complexity index is 1270. The number of hydrogen-bond donors (Lipinski definition) is 1. The molecule has 0 radical (unpaired) electrons. The quantitative estimate of drug-likeness (QED) is 0.320. The number of furan rings is 1. The van der Waals surface area contributed by atoms with E-state index in [0.29, 0.717) is 44.5 Å². The Hall–Kier alpha value is -3.00. The number of nitrogens with one attached hydrogen (secondary N) is 1.